The molecular formula is C16H26N6P2Se2. The molecule has 2 aliphatic rings. The first-order chi connectivity index (χ1) is 12.0. The molecule has 6 nitrogen and oxygen atoms in total. The van der Waals surface area contributed by atoms with Crippen LogP contribution in [0.5, 0.6) is 0 Å². The SMILES string of the molecule is CN(C)C1=Nc2cc3c(cc2P1(=[Se])N(C)C)P(=[Se])(N(C)C)C(N(C)C)=N3. The Morgan fingerprint density at radius 2 is 1.00 bits per heavy atom. The topological polar surface area (TPSA) is 37.7 Å². The average Bonchev–Trinajstić information content (AvgIpc) is 3.00. The monoisotopic (exact) mass is 524 g/mol. The predicted molar refractivity (Wildman–Crippen MR) is 120 cm³/mol. The molecule has 0 fully saturated rings. The number of amidine groups is 2. The molecular weight excluding hydrogens is 496 g/mol. The summed E-state index contributed by atoms with van der Waals surface area (Å²) < 4.78 is 4.61. The Kier molecular flexibility index (Phi) is 5.41. The van der Waals surface area contributed by atoms with Gasteiger partial charge in [-0.1, -0.05) is 0 Å². The van der Waals surface area contributed by atoms with Crippen molar-refractivity contribution in [2.24, 2.45) is 9.98 Å². The Morgan fingerprint density at radius 1 is 0.654 bits per heavy atom. The van der Waals surface area contributed by atoms with Gasteiger partial charge in [0.2, 0.25) is 0 Å². The van der Waals surface area contributed by atoms with E-state index in [-0.39, 0.29) is 0 Å². The van der Waals surface area contributed by atoms with Crippen molar-refractivity contribution in [3.8, 4) is 0 Å². The van der Waals surface area contributed by atoms with Crippen LogP contribution in [0.3, 0.4) is 0 Å². The van der Waals surface area contributed by atoms with Crippen LogP contribution in [0.25, 0.3) is 0 Å². The van der Waals surface area contributed by atoms with Crippen molar-refractivity contribution in [1.29, 1.82) is 0 Å². The molecule has 3 rings (SSSR count). The van der Waals surface area contributed by atoms with Crippen molar-refractivity contribution in [3.63, 3.8) is 0 Å². The normalized spacial score (nSPS) is 26.7. The number of hydrogen-bond donors (Lipinski definition) is 0. The van der Waals surface area contributed by atoms with Gasteiger partial charge in [0.25, 0.3) is 0 Å². The van der Waals surface area contributed by atoms with Crippen molar-refractivity contribution in [3.05, 3.63) is 12.1 Å². The Hall–Kier alpha value is -0.0210. The van der Waals surface area contributed by atoms with Gasteiger partial charge >= 0.3 is 172 Å². The van der Waals surface area contributed by atoms with Crippen LogP contribution in [0.1, 0.15) is 0 Å². The Balaban J connectivity index is 2.30. The fraction of sp³-hybridized carbons (Fsp3) is 0.500. The molecule has 2 atom stereocenters. The van der Waals surface area contributed by atoms with E-state index in [1.54, 1.807) is 0 Å². The second-order valence-corrected chi connectivity index (χ2v) is 19.6. The fourth-order valence-electron chi connectivity index (χ4n) is 3.32. The van der Waals surface area contributed by atoms with Gasteiger partial charge in [0.1, 0.15) is 0 Å². The molecule has 142 valence electrons. The molecule has 0 bridgehead atoms. The van der Waals surface area contributed by atoms with Gasteiger partial charge in [-0.05, 0) is 0 Å². The minimum absolute atomic E-state index is 1.04. The molecule has 0 aromatic heterocycles. The Bertz CT molecular complexity index is 862. The number of aliphatic imine (C=N–C) groups is 2. The molecule has 0 saturated heterocycles. The molecule has 2 heterocycles. The number of hydrogen-bond acceptors (Lipinski definition) is 6. The van der Waals surface area contributed by atoms with Crippen molar-refractivity contribution < 1.29 is 0 Å². The number of benzene rings is 1. The number of rotatable bonds is 2. The quantitative estimate of drug-likeness (QED) is 0.433. The third-order valence-electron chi connectivity index (χ3n) is 4.63. The Labute approximate surface area is 171 Å². The summed E-state index contributed by atoms with van der Waals surface area (Å²) in [6, 6.07) is 4.53. The first-order valence-corrected chi connectivity index (χ1v) is 16.1. The number of fused-ring (bicyclic) bond motifs is 2. The predicted octanol–water partition coefficient (Wildman–Crippen LogP) is 1.22. The van der Waals surface area contributed by atoms with Crippen molar-refractivity contribution in [2.75, 3.05) is 56.4 Å². The van der Waals surface area contributed by atoms with E-state index in [0.717, 1.165) is 22.5 Å². The molecule has 1 aromatic rings. The van der Waals surface area contributed by atoms with E-state index in [0.29, 0.717) is 0 Å². The van der Waals surface area contributed by atoms with E-state index in [1.807, 2.05) is 0 Å². The van der Waals surface area contributed by atoms with Gasteiger partial charge in [0, 0.05) is 0 Å². The molecule has 0 N–H and O–H groups in total. The van der Waals surface area contributed by atoms with Gasteiger partial charge in [0.05, 0.1) is 0 Å². The molecule has 0 spiro atoms. The maximum absolute atomic E-state index is 4.99. The van der Waals surface area contributed by atoms with E-state index in [1.165, 1.54) is 10.6 Å². The molecule has 10 heteroatoms. The van der Waals surface area contributed by atoms with Crippen molar-refractivity contribution in [2.45, 2.75) is 0 Å². The zero-order valence-corrected chi connectivity index (χ0v) is 21.8. The third kappa shape index (κ3) is 2.74. The summed E-state index contributed by atoms with van der Waals surface area (Å²) in [6.07, 6.45) is 0. The Morgan fingerprint density at radius 3 is 1.27 bits per heavy atom. The third-order valence-corrected chi connectivity index (χ3v) is 19.6. The van der Waals surface area contributed by atoms with E-state index >= 15 is 0 Å². The molecule has 0 radical (unpaired) electrons. The first kappa shape index (κ1) is 20.7. The second kappa shape index (κ2) is 6.79. The molecule has 2 aliphatic heterocycles. The average molecular weight is 522 g/mol. The van der Waals surface area contributed by atoms with Crippen LogP contribution in [0.2, 0.25) is 0 Å². The zero-order chi connectivity index (χ0) is 19.6. The van der Waals surface area contributed by atoms with Gasteiger partial charge < -0.3 is 0 Å². The van der Waals surface area contributed by atoms with Gasteiger partial charge in [-0.15, -0.1) is 0 Å². The van der Waals surface area contributed by atoms with Crippen LogP contribution in [-0.4, -0.2) is 117 Å². The van der Waals surface area contributed by atoms with E-state index in [4.69, 9.17) is 9.98 Å². The summed E-state index contributed by atoms with van der Waals surface area (Å²) in [5.74, 6) is 0. The van der Waals surface area contributed by atoms with Crippen molar-refractivity contribution >= 4 is 74.7 Å². The minimum atomic E-state index is -1.81. The summed E-state index contributed by atoms with van der Waals surface area (Å²) in [7, 11) is 16.8. The van der Waals surface area contributed by atoms with E-state index < -0.39 is 11.3 Å². The summed E-state index contributed by atoms with van der Waals surface area (Å²) in [5, 5.41) is 2.61. The van der Waals surface area contributed by atoms with E-state index in [9.17, 15) is 0 Å². The van der Waals surface area contributed by atoms with Crippen LogP contribution in [-0.2, 0) is 0 Å². The fourth-order valence-corrected chi connectivity index (χ4v) is 12.9. The number of nitrogens with zero attached hydrogens (tertiary/aromatic N) is 6. The van der Waals surface area contributed by atoms with Gasteiger partial charge in [0.15, 0.2) is 0 Å². The molecule has 0 aliphatic carbocycles. The molecule has 1 aromatic carbocycles. The molecule has 26 heavy (non-hydrogen) atoms. The second-order valence-electron chi connectivity index (χ2n) is 7.29. The van der Waals surface area contributed by atoms with Crippen LogP contribution >= 0.6 is 11.3 Å². The zero-order valence-electron chi connectivity index (χ0n) is 16.5. The standard InChI is InChI=1S/C16H26N6P2Se2/c1-19(2)15-17-11-9-12-14(10-13(11)23(15,25)21(5)6)24(26,22(7)8)16(18-12)20(3)4/h9-10H,1-8H3. The van der Waals surface area contributed by atoms with Crippen molar-refractivity contribution in [1.82, 2.24) is 19.1 Å². The van der Waals surface area contributed by atoms with Crippen LogP contribution < -0.4 is 10.6 Å². The summed E-state index contributed by atoms with van der Waals surface area (Å²) in [6.45, 7) is 0. The molecule has 0 amide bonds. The molecule has 2 unspecified atom stereocenters. The van der Waals surface area contributed by atoms with Gasteiger partial charge in [-0.3, -0.25) is 0 Å². The van der Waals surface area contributed by atoms with E-state index in [2.05, 4.69) is 118 Å². The van der Waals surface area contributed by atoms with Crippen LogP contribution in [0, 0.1) is 0 Å². The van der Waals surface area contributed by atoms with Gasteiger partial charge in [-0.2, -0.15) is 0 Å². The van der Waals surface area contributed by atoms with Crippen LogP contribution in [0.4, 0.5) is 11.4 Å². The summed E-state index contributed by atoms with van der Waals surface area (Å²) >= 11 is 7.05. The first-order valence-electron chi connectivity index (χ1n) is 8.23. The van der Waals surface area contributed by atoms with Gasteiger partial charge in [-0.25, -0.2) is 0 Å². The maximum atomic E-state index is 4.99. The summed E-state index contributed by atoms with van der Waals surface area (Å²) in [5.41, 5.74) is 0.712. The summed E-state index contributed by atoms with van der Waals surface area (Å²) in [4.78, 5) is 14.3. The molecule has 0 saturated carbocycles. The van der Waals surface area contributed by atoms with Crippen LogP contribution in [0.15, 0.2) is 22.1 Å².